The fourth-order valence-corrected chi connectivity index (χ4v) is 2.18. The van der Waals surface area contributed by atoms with Gasteiger partial charge < -0.3 is 15.8 Å². The lowest BCUT2D eigenvalue weighted by Gasteiger charge is -2.12. The number of methoxy groups -OCH3 is 1. The number of nitrogen functional groups attached to an aromatic ring is 1. The summed E-state index contributed by atoms with van der Waals surface area (Å²) in [6.07, 6.45) is 0. The molecule has 3 N–H and O–H groups in total. The first-order chi connectivity index (χ1) is 9.01. The molecule has 2 aromatic rings. The Balaban J connectivity index is 2.33. The third-order valence-corrected chi connectivity index (χ3v) is 3.39. The van der Waals surface area contributed by atoms with Gasteiger partial charge in [-0.2, -0.15) is 0 Å². The highest BCUT2D eigenvalue weighted by atomic mass is 79.9. The number of nitrogens with one attached hydrogen (secondary N) is 1. The Bertz CT molecular complexity index is 617. The molecule has 100 valence electrons. The minimum atomic E-state index is -0.310. The van der Waals surface area contributed by atoms with Crippen LogP contribution in [0.2, 0.25) is 0 Å². The maximum absolute atomic E-state index is 13.5. The zero-order chi connectivity index (χ0) is 14.0. The summed E-state index contributed by atoms with van der Waals surface area (Å²) in [6.45, 7) is 1.90. The van der Waals surface area contributed by atoms with Crippen LogP contribution >= 0.6 is 15.9 Å². The van der Waals surface area contributed by atoms with Gasteiger partial charge >= 0.3 is 0 Å². The molecule has 19 heavy (non-hydrogen) atoms. The van der Waals surface area contributed by atoms with Crippen LogP contribution in [-0.2, 0) is 0 Å². The molecule has 0 unspecified atom stereocenters. The van der Waals surface area contributed by atoms with Crippen molar-refractivity contribution in [2.45, 2.75) is 6.92 Å². The Morgan fingerprint density at radius 3 is 2.68 bits per heavy atom. The van der Waals surface area contributed by atoms with Crippen LogP contribution < -0.4 is 15.8 Å². The van der Waals surface area contributed by atoms with Crippen LogP contribution in [0.4, 0.5) is 21.5 Å². The normalized spacial score (nSPS) is 10.3. The molecule has 0 aliphatic heterocycles. The van der Waals surface area contributed by atoms with E-state index in [0.717, 1.165) is 11.3 Å². The van der Waals surface area contributed by atoms with Crippen LogP contribution in [0.25, 0.3) is 0 Å². The van der Waals surface area contributed by atoms with Crippen molar-refractivity contribution in [2.75, 3.05) is 18.2 Å². The number of rotatable bonds is 3. The fraction of sp³-hybridized carbons (Fsp3) is 0.143. The Labute approximate surface area is 119 Å². The lowest BCUT2D eigenvalue weighted by Crippen LogP contribution is -1.97. The van der Waals surface area contributed by atoms with Crippen molar-refractivity contribution < 1.29 is 9.13 Å². The van der Waals surface area contributed by atoms with E-state index in [2.05, 4.69) is 21.2 Å². The van der Waals surface area contributed by atoms with Gasteiger partial charge in [-0.25, -0.2) is 4.39 Å². The zero-order valence-corrected chi connectivity index (χ0v) is 12.2. The number of nitrogens with two attached hydrogens (primary N) is 1. The van der Waals surface area contributed by atoms with Gasteiger partial charge in [0.15, 0.2) is 0 Å². The van der Waals surface area contributed by atoms with E-state index in [1.165, 1.54) is 6.07 Å². The highest BCUT2D eigenvalue weighted by Gasteiger charge is 2.07. The summed E-state index contributed by atoms with van der Waals surface area (Å²) in [7, 11) is 1.56. The Hall–Kier alpha value is -1.75. The molecule has 0 saturated heterocycles. The standard InChI is InChI=1S/C14H14BrFN2O/c1-8-5-10(15)11(16)7-13(8)18-9-3-4-12(17)14(6-9)19-2/h3-7,18H,17H2,1-2H3. The summed E-state index contributed by atoms with van der Waals surface area (Å²) in [5.41, 5.74) is 8.73. The molecule has 0 bridgehead atoms. The van der Waals surface area contributed by atoms with Crippen molar-refractivity contribution in [3.63, 3.8) is 0 Å². The molecule has 0 heterocycles. The first kappa shape index (κ1) is 13.7. The number of hydrogen-bond acceptors (Lipinski definition) is 3. The van der Waals surface area contributed by atoms with Crippen molar-refractivity contribution in [3.8, 4) is 5.75 Å². The highest BCUT2D eigenvalue weighted by molar-refractivity contribution is 9.10. The molecule has 5 heteroatoms. The van der Waals surface area contributed by atoms with Crippen molar-refractivity contribution in [1.82, 2.24) is 0 Å². The van der Waals surface area contributed by atoms with Crippen LogP contribution in [0, 0.1) is 12.7 Å². The predicted octanol–water partition coefficient (Wildman–Crippen LogP) is 4.23. The third-order valence-electron chi connectivity index (χ3n) is 2.78. The molecule has 0 saturated carbocycles. The highest BCUT2D eigenvalue weighted by Crippen LogP contribution is 2.30. The topological polar surface area (TPSA) is 47.3 Å². The third kappa shape index (κ3) is 2.98. The molecule has 0 aliphatic carbocycles. The second-order valence-electron chi connectivity index (χ2n) is 4.16. The summed E-state index contributed by atoms with van der Waals surface area (Å²) < 4.78 is 19.1. The van der Waals surface area contributed by atoms with Crippen LogP contribution in [0.1, 0.15) is 5.56 Å². The molecule has 0 aromatic heterocycles. The Morgan fingerprint density at radius 1 is 1.26 bits per heavy atom. The second kappa shape index (κ2) is 5.48. The zero-order valence-electron chi connectivity index (χ0n) is 10.6. The molecule has 2 aromatic carbocycles. The van der Waals surface area contributed by atoms with E-state index < -0.39 is 0 Å². The quantitative estimate of drug-likeness (QED) is 0.830. The van der Waals surface area contributed by atoms with E-state index in [4.69, 9.17) is 10.5 Å². The maximum Gasteiger partial charge on any atom is 0.143 e. The molecule has 2 rings (SSSR count). The average molecular weight is 325 g/mol. The van der Waals surface area contributed by atoms with Crippen LogP contribution in [0.15, 0.2) is 34.8 Å². The number of halogens is 2. The number of aryl methyl sites for hydroxylation is 1. The number of benzene rings is 2. The SMILES string of the molecule is COc1cc(Nc2cc(F)c(Br)cc2C)ccc1N. The fourth-order valence-electron chi connectivity index (χ4n) is 1.73. The van der Waals surface area contributed by atoms with Gasteiger partial charge in [-0.15, -0.1) is 0 Å². The van der Waals surface area contributed by atoms with E-state index in [9.17, 15) is 4.39 Å². The van der Waals surface area contributed by atoms with Crippen molar-refractivity contribution >= 4 is 33.0 Å². The summed E-state index contributed by atoms with van der Waals surface area (Å²) in [6, 6.07) is 8.51. The lowest BCUT2D eigenvalue weighted by molar-refractivity contribution is 0.417. The van der Waals surface area contributed by atoms with Gasteiger partial charge in [0.25, 0.3) is 0 Å². The molecular formula is C14H14BrFN2O. The van der Waals surface area contributed by atoms with Crippen molar-refractivity contribution in [3.05, 3.63) is 46.2 Å². The summed E-state index contributed by atoms with van der Waals surface area (Å²) in [5.74, 6) is 0.274. The van der Waals surface area contributed by atoms with Crippen molar-refractivity contribution in [1.29, 1.82) is 0 Å². The minimum absolute atomic E-state index is 0.310. The first-order valence-electron chi connectivity index (χ1n) is 5.67. The molecule has 0 spiro atoms. The van der Waals surface area contributed by atoms with Crippen molar-refractivity contribution in [2.24, 2.45) is 0 Å². The number of hydrogen-bond donors (Lipinski definition) is 2. The Morgan fingerprint density at radius 2 is 2.00 bits per heavy atom. The predicted molar refractivity (Wildman–Crippen MR) is 79.5 cm³/mol. The summed E-state index contributed by atoms with van der Waals surface area (Å²) >= 11 is 3.16. The van der Waals surface area contributed by atoms with Gasteiger partial charge in [-0.1, -0.05) is 0 Å². The van der Waals surface area contributed by atoms with E-state index in [-0.39, 0.29) is 5.82 Å². The molecule has 3 nitrogen and oxygen atoms in total. The summed E-state index contributed by atoms with van der Waals surface area (Å²) in [4.78, 5) is 0. The van der Waals surface area contributed by atoms with Crippen LogP contribution in [0.5, 0.6) is 5.75 Å². The van der Waals surface area contributed by atoms with Gasteiger partial charge in [0.1, 0.15) is 11.6 Å². The summed E-state index contributed by atoms with van der Waals surface area (Å²) in [5, 5.41) is 3.15. The number of ether oxygens (including phenoxy) is 1. The molecule has 0 fully saturated rings. The second-order valence-corrected chi connectivity index (χ2v) is 5.02. The van der Waals surface area contributed by atoms with Gasteiger partial charge in [-0.05, 0) is 52.7 Å². The maximum atomic E-state index is 13.5. The van der Waals surface area contributed by atoms with Gasteiger partial charge in [-0.3, -0.25) is 0 Å². The van der Waals surface area contributed by atoms with Crippen LogP contribution in [-0.4, -0.2) is 7.11 Å². The van der Waals surface area contributed by atoms with E-state index in [1.54, 1.807) is 25.3 Å². The lowest BCUT2D eigenvalue weighted by atomic mass is 10.2. The first-order valence-corrected chi connectivity index (χ1v) is 6.46. The molecule has 0 aliphatic rings. The smallest absolute Gasteiger partial charge is 0.143 e. The molecule has 0 radical (unpaired) electrons. The molecule has 0 atom stereocenters. The van der Waals surface area contributed by atoms with E-state index in [1.807, 2.05) is 13.0 Å². The Kier molecular flexibility index (Phi) is 3.95. The van der Waals surface area contributed by atoms with Gasteiger partial charge in [0, 0.05) is 17.4 Å². The van der Waals surface area contributed by atoms with E-state index >= 15 is 0 Å². The number of anilines is 3. The van der Waals surface area contributed by atoms with Crippen LogP contribution in [0.3, 0.4) is 0 Å². The minimum Gasteiger partial charge on any atom is -0.495 e. The van der Waals surface area contributed by atoms with Gasteiger partial charge in [0.05, 0.1) is 17.3 Å². The molecule has 0 amide bonds. The largest absolute Gasteiger partial charge is 0.495 e. The molecular weight excluding hydrogens is 311 g/mol. The monoisotopic (exact) mass is 324 g/mol. The van der Waals surface area contributed by atoms with Gasteiger partial charge in [0.2, 0.25) is 0 Å². The van der Waals surface area contributed by atoms with E-state index in [0.29, 0.717) is 21.6 Å². The average Bonchev–Trinajstić information content (AvgIpc) is 2.38.